The van der Waals surface area contributed by atoms with E-state index in [0.29, 0.717) is 12.5 Å². The lowest BCUT2D eigenvalue weighted by molar-refractivity contribution is -0.133. The van der Waals surface area contributed by atoms with E-state index in [0.717, 1.165) is 36.5 Å². The van der Waals surface area contributed by atoms with E-state index in [-0.39, 0.29) is 12.5 Å². The number of ether oxygens (including phenoxy) is 1. The average molecular weight is 328 g/mol. The first-order chi connectivity index (χ1) is 11.6. The van der Waals surface area contributed by atoms with Crippen LogP contribution in [0, 0.1) is 12.8 Å². The molecule has 3 rings (SSSR count). The normalized spacial score (nSPS) is 17.8. The Balaban J connectivity index is 1.52. The predicted molar refractivity (Wildman–Crippen MR) is 90.5 cm³/mol. The summed E-state index contributed by atoms with van der Waals surface area (Å²) < 4.78 is 7.30. The van der Waals surface area contributed by atoms with Gasteiger partial charge in [0.1, 0.15) is 24.6 Å². The van der Waals surface area contributed by atoms with Crippen LogP contribution in [-0.2, 0) is 17.9 Å². The van der Waals surface area contributed by atoms with Crippen LogP contribution in [0.2, 0.25) is 0 Å². The first-order valence-electron chi connectivity index (χ1n) is 8.46. The summed E-state index contributed by atoms with van der Waals surface area (Å²) in [7, 11) is 0. The van der Waals surface area contributed by atoms with E-state index in [1.54, 1.807) is 10.9 Å². The number of amides is 1. The minimum atomic E-state index is 0.109. The second kappa shape index (κ2) is 7.47. The summed E-state index contributed by atoms with van der Waals surface area (Å²) in [5.41, 5.74) is 1.87. The van der Waals surface area contributed by atoms with Gasteiger partial charge in [0, 0.05) is 13.1 Å². The molecule has 0 N–H and O–H groups in total. The van der Waals surface area contributed by atoms with Crippen LogP contribution in [0.3, 0.4) is 0 Å². The molecule has 0 spiro atoms. The molecular formula is C18H24N4O2. The second-order valence-corrected chi connectivity index (χ2v) is 6.60. The smallest absolute Gasteiger partial charge is 0.244 e. The van der Waals surface area contributed by atoms with Gasteiger partial charge in [-0.3, -0.25) is 4.79 Å². The highest BCUT2D eigenvalue weighted by atomic mass is 16.5. The number of carbonyl (C=O) groups is 1. The molecule has 2 aromatic rings. The second-order valence-electron chi connectivity index (χ2n) is 6.60. The Hall–Kier alpha value is -2.37. The van der Waals surface area contributed by atoms with Gasteiger partial charge in [-0.05, 0) is 43.4 Å². The van der Waals surface area contributed by atoms with Crippen molar-refractivity contribution < 1.29 is 9.53 Å². The molecular weight excluding hydrogens is 304 g/mol. The van der Waals surface area contributed by atoms with Crippen LogP contribution < -0.4 is 4.74 Å². The van der Waals surface area contributed by atoms with Crippen LogP contribution in [0.5, 0.6) is 5.75 Å². The monoisotopic (exact) mass is 328 g/mol. The lowest BCUT2D eigenvalue weighted by Gasteiger charge is -2.30. The highest BCUT2D eigenvalue weighted by Crippen LogP contribution is 2.16. The van der Waals surface area contributed by atoms with Crippen molar-refractivity contribution in [1.29, 1.82) is 0 Å². The Kier molecular flexibility index (Phi) is 5.13. The maximum absolute atomic E-state index is 12.3. The quantitative estimate of drug-likeness (QED) is 0.846. The van der Waals surface area contributed by atoms with Crippen molar-refractivity contribution in [2.75, 3.05) is 13.1 Å². The Bertz CT molecular complexity index is 698. The molecule has 6 nitrogen and oxygen atoms in total. The summed E-state index contributed by atoms with van der Waals surface area (Å²) in [4.78, 5) is 14.3. The van der Waals surface area contributed by atoms with Gasteiger partial charge in [0.15, 0.2) is 0 Å². The lowest BCUT2D eigenvalue weighted by atomic mass is 10.0. The Labute approximate surface area is 142 Å². The van der Waals surface area contributed by atoms with E-state index >= 15 is 0 Å². The molecule has 1 saturated heterocycles. The zero-order chi connectivity index (χ0) is 16.9. The molecule has 2 heterocycles. The summed E-state index contributed by atoms with van der Waals surface area (Å²) in [5.74, 6) is 1.50. The molecule has 0 aliphatic carbocycles. The van der Waals surface area contributed by atoms with Crippen molar-refractivity contribution in [2.24, 2.45) is 5.92 Å². The first-order valence-corrected chi connectivity index (χ1v) is 8.46. The minimum Gasteiger partial charge on any atom is -0.487 e. The molecule has 1 atom stereocenters. The van der Waals surface area contributed by atoms with Crippen LogP contribution in [0.15, 0.2) is 30.5 Å². The van der Waals surface area contributed by atoms with Gasteiger partial charge in [-0.1, -0.05) is 24.3 Å². The van der Waals surface area contributed by atoms with Crippen LogP contribution in [-0.4, -0.2) is 38.9 Å². The number of benzene rings is 1. The molecule has 0 radical (unpaired) electrons. The zero-order valence-electron chi connectivity index (χ0n) is 14.3. The van der Waals surface area contributed by atoms with E-state index in [9.17, 15) is 4.79 Å². The molecule has 24 heavy (non-hydrogen) atoms. The fraction of sp³-hybridized carbons (Fsp3) is 0.500. The predicted octanol–water partition coefficient (Wildman–Crippen LogP) is 2.42. The number of likely N-dealkylation sites (tertiary alicyclic amines) is 1. The van der Waals surface area contributed by atoms with E-state index < -0.39 is 0 Å². The largest absolute Gasteiger partial charge is 0.487 e. The van der Waals surface area contributed by atoms with Crippen molar-refractivity contribution in [1.82, 2.24) is 19.9 Å². The van der Waals surface area contributed by atoms with Gasteiger partial charge in [0.05, 0.1) is 6.20 Å². The number of aromatic nitrogens is 3. The first kappa shape index (κ1) is 16.5. The van der Waals surface area contributed by atoms with Gasteiger partial charge in [-0.25, -0.2) is 4.68 Å². The number of hydrogen-bond donors (Lipinski definition) is 0. The summed E-state index contributed by atoms with van der Waals surface area (Å²) in [6, 6.07) is 7.87. The van der Waals surface area contributed by atoms with Crippen molar-refractivity contribution in [3.63, 3.8) is 0 Å². The van der Waals surface area contributed by atoms with Gasteiger partial charge >= 0.3 is 0 Å². The Morgan fingerprint density at radius 3 is 3.08 bits per heavy atom. The topological polar surface area (TPSA) is 60.2 Å². The van der Waals surface area contributed by atoms with Gasteiger partial charge in [0.2, 0.25) is 5.91 Å². The number of nitrogens with zero attached hydrogens (tertiary/aromatic N) is 4. The van der Waals surface area contributed by atoms with Gasteiger partial charge in [-0.15, -0.1) is 5.10 Å². The van der Waals surface area contributed by atoms with Crippen molar-refractivity contribution in [3.8, 4) is 5.75 Å². The van der Waals surface area contributed by atoms with Crippen molar-refractivity contribution in [2.45, 2.75) is 39.8 Å². The fourth-order valence-corrected chi connectivity index (χ4v) is 3.00. The maximum atomic E-state index is 12.3. The Morgan fingerprint density at radius 2 is 2.29 bits per heavy atom. The molecule has 128 valence electrons. The molecule has 0 unspecified atom stereocenters. The van der Waals surface area contributed by atoms with Crippen LogP contribution in [0.4, 0.5) is 0 Å². The highest BCUT2D eigenvalue weighted by molar-refractivity contribution is 5.76. The summed E-state index contributed by atoms with van der Waals surface area (Å²) in [6.45, 7) is 6.49. The standard InChI is InChI=1S/C18H24N4O2/c1-14-5-3-7-17(9-14)24-13-16-11-22(20-19-16)12-18(23)21-8-4-6-15(2)10-21/h3,5,7,9,11,15H,4,6,8,10,12-13H2,1-2H3/t15-/m0/s1. The van der Waals surface area contributed by atoms with E-state index in [1.807, 2.05) is 36.1 Å². The lowest BCUT2D eigenvalue weighted by Crippen LogP contribution is -2.40. The molecule has 0 saturated carbocycles. The number of aryl methyl sites for hydroxylation is 1. The van der Waals surface area contributed by atoms with Gasteiger partial charge in [-0.2, -0.15) is 0 Å². The molecule has 6 heteroatoms. The SMILES string of the molecule is Cc1cccc(OCc2cn(CC(=O)N3CCC[C@H](C)C3)nn2)c1. The van der Waals surface area contributed by atoms with Gasteiger partial charge in [0.25, 0.3) is 0 Å². The minimum absolute atomic E-state index is 0.109. The van der Waals surface area contributed by atoms with Crippen molar-refractivity contribution in [3.05, 3.63) is 41.7 Å². The van der Waals surface area contributed by atoms with E-state index in [2.05, 4.69) is 17.2 Å². The summed E-state index contributed by atoms with van der Waals surface area (Å²) >= 11 is 0. The Morgan fingerprint density at radius 1 is 1.42 bits per heavy atom. The fourth-order valence-electron chi connectivity index (χ4n) is 3.00. The number of piperidine rings is 1. The molecule has 0 bridgehead atoms. The van der Waals surface area contributed by atoms with Crippen LogP contribution in [0.25, 0.3) is 0 Å². The van der Waals surface area contributed by atoms with Crippen LogP contribution in [0.1, 0.15) is 31.0 Å². The third-order valence-corrected chi connectivity index (χ3v) is 4.27. The third-order valence-electron chi connectivity index (χ3n) is 4.27. The molecule has 1 amide bonds. The molecule has 1 aromatic carbocycles. The average Bonchev–Trinajstić information content (AvgIpc) is 3.00. The van der Waals surface area contributed by atoms with Gasteiger partial charge < -0.3 is 9.64 Å². The van der Waals surface area contributed by atoms with E-state index in [4.69, 9.17) is 4.74 Å². The summed E-state index contributed by atoms with van der Waals surface area (Å²) in [6.07, 6.45) is 4.06. The van der Waals surface area contributed by atoms with E-state index in [1.165, 1.54) is 6.42 Å². The molecule has 1 aromatic heterocycles. The maximum Gasteiger partial charge on any atom is 0.244 e. The number of hydrogen-bond acceptors (Lipinski definition) is 4. The highest BCUT2D eigenvalue weighted by Gasteiger charge is 2.21. The van der Waals surface area contributed by atoms with Crippen LogP contribution >= 0.6 is 0 Å². The summed E-state index contributed by atoms with van der Waals surface area (Å²) in [5, 5.41) is 8.12. The molecule has 1 aliphatic heterocycles. The van der Waals surface area contributed by atoms with Crippen molar-refractivity contribution >= 4 is 5.91 Å². The molecule has 1 aliphatic rings. The number of rotatable bonds is 5. The zero-order valence-corrected chi connectivity index (χ0v) is 14.3. The number of carbonyl (C=O) groups excluding carboxylic acids is 1. The molecule has 1 fully saturated rings. The third kappa shape index (κ3) is 4.34.